The molecule has 0 saturated carbocycles. The van der Waals surface area contributed by atoms with Crippen LogP contribution in [0.3, 0.4) is 0 Å². The van der Waals surface area contributed by atoms with Crippen LogP contribution in [0, 0.1) is 15.2 Å². The lowest BCUT2D eigenvalue weighted by molar-refractivity contribution is 0.0821. The summed E-state index contributed by atoms with van der Waals surface area (Å²) in [5.41, 5.74) is 0.120. The van der Waals surface area contributed by atoms with E-state index in [1.165, 1.54) is 18.3 Å². The van der Waals surface area contributed by atoms with Crippen LogP contribution in [0.5, 0.6) is 0 Å². The first-order valence-electron chi connectivity index (χ1n) is 7.86. The Morgan fingerprint density at radius 1 is 1.28 bits per heavy atom. The fourth-order valence-corrected chi connectivity index (χ4v) is 3.13. The number of amides is 1. The van der Waals surface area contributed by atoms with Crippen LogP contribution in [0.2, 0.25) is 0 Å². The molecular formula is C17H17F2IN4O. The lowest BCUT2D eigenvalue weighted by atomic mass is 10.1. The molecular weight excluding hydrogens is 441 g/mol. The Balaban J connectivity index is 1.81. The molecule has 0 unspecified atom stereocenters. The van der Waals surface area contributed by atoms with Gasteiger partial charge in [-0.2, -0.15) is 0 Å². The number of halogens is 3. The molecule has 0 radical (unpaired) electrons. The third kappa shape index (κ3) is 4.06. The molecule has 0 aliphatic carbocycles. The number of anilines is 2. The number of carbonyl (C=O) groups excluding carboxylic acids is 1. The monoisotopic (exact) mass is 458 g/mol. The van der Waals surface area contributed by atoms with Gasteiger partial charge in [0.2, 0.25) is 0 Å². The summed E-state index contributed by atoms with van der Waals surface area (Å²) in [5.74, 6) is -1.77. The summed E-state index contributed by atoms with van der Waals surface area (Å²) in [5, 5.41) is 5.57. The number of hydrogen-bond acceptors (Lipinski definition) is 4. The number of hydrogen-bond donors (Lipinski definition) is 2. The zero-order valence-electron chi connectivity index (χ0n) is 13.5. The Labute approximate surface area is 158 Å². The number of carbonyl (C=O) groups is 1. The minimum absolute atomic E-state index is 0.0112. The van der Waals surface area contributed by atoms with E-state index >= 15 is 0 Å². The maximum absolute atomic E-state index is 14.2. The van der Waals surface area contributed by atoms with E-state index in [1.807, 2.05) is 29.5 Å². The van der Waals surface area contributed by atoms with Gasteiger partial charge in [-0.15, -0.1) is 0 Å². The third-order valence-electron chi connectivity index (χ3n) is 4.07. The van der Waals surface area contributed by atoms with Crippen molar-refractivity contribution in [3.63, 3.8) is 0 Å². The second kappa shape index (κ2) is 7.61. The summed E-state index contributed by atoms with van der Waals surface area (Å²) in [6.45, 7) is 4.43. The quantitative estimate of drug-likeness (QED) is 0.677. The van der Waals surface area contributed by atoms with Gasteiger partial charge in [-0.25, -0.2) is 8.78 Å². The van der Waals surface area contributed by atoms with Crippen LogP contribution >= 0.6 is 22.6 Å². The van der Waals surface area contributed by atoms with Crippen molar-refractivity contribution in [3.8, 4) is 0 Å². The number of pyridine rings is 1. The summed E-state index contributed by atoms with van der Waals surface area (Å²) >= 11 is 2.00. The van der Waals surface area contributed by atoms with E-state index in [9.17, 15) is 13.6 Å². The first-order chi connectivity index (χ1) is 12.0. The molecule has 0 spiro atoms. The molecule has 0 atom stereocenters. The maximum atomic E-state index is 14.2. The van der Waals surface area contributed by atoms with E-state index in [-0.39, 0.29) is 23.0 Å². The number of likely N-dealkylation sites (N-methyl/N-ethyl adjacent to an activating group) is 1. The highest BCUT2D eigenvalue weighted by Gasteiger charge is 2.28. The van der Waals surface area contributed by atoms with Gasteiger partial charge in [0.05, 0.1) is 29.8 Å². The van der Waals surface area contributed by atoms with Crippen molar-refractivity contribution in [1.82, 2.24) is 15.2 Å². The molecule has 1 amide bonds. The molecule has 1 aliphatic rings. The highest BCUT2D eigenvalue weighted by Crippen LogP contribution is 2.25. The summed E-state index contributed by atoms with van der Waals surface area (Å²) in [6, 6.07) is 4.59. The molecule has 3 rings (SSSR count). The zero-order chi connectivity index (χ0) is 18.0. The van der Waals surface area contributed by atoms with Crippen molar-refractivity contribution in [1.29, 1.82) is 0 Å². The highest BCUT2D eigenvalue weighted by atomic mass is 127. The average Bonchev–Trinajstić information content (AvgIpc) is 2.53. The Kier molecular flexibility index (Phi) is 5.48. The number of aromatic nitrogens is 1. The predicted molar refractivity (Wildman–Crippen MR) is 100.0 cm³/mol. The molecule has 1 aliphatic heterocycles. The van der Waals surface area contributed by atoms with Gasteiger partial charge in [-0.05, 0) is 47.3 Å². The van der Waals surface area contributed by atoms with E-state index in [0.717, 1.165) is 29.4 Å². The molecule has 1 fully saturated rings. The molecule has 5 nitrogen and oxygen atoms in total. The highest BCUT2D eigenvalue weighted by molar-refractivity contribution is 14.1. The molecule has 1 aromatic heterocycles. The molecule has 8 heteroatoms. The smallest absolute Gasteiger partial charge is 0.256 e. The van der Waals surface area contributed by atoms with Gasteiger partial charge < -0.3 is 10.6 Å². The number of nitrogens with one attached hydrogen (secondary N) is 2. The first-order valence-corrected chi connectivity index (χ1v) is 8.94. The van der Waals surface area contributed by atoms with Crippen LogP contribution in [0.15, 0.2) is 30.6 Å². The molecule has 1 saturated heterocycles. The van der Waals surface area contributed by atoms with Crippen LogP contribution in [0.4, 0.5) is 20.2 Å². The second-order valence-corrected chi connectivity index (χ2v) is 7.06. The Hall–Kier alpha value is -1.81. The molecule has 132 valence electrons. The normalized spacial score (nSPS) is 14.9. The zero-order valence-corrected chi connectivity index (χ0v) is 15.7. The van der Waals surface area contributed by atoms with Crippen molar-refractivity contribution in [2.24, 2.45) is 0 Å². The molecule has 2 heterocycles. The second-order valence-electron chi connectivity index (χ2n) is 5.82. The SMILES string of the molecule is CCN1CC(NC(=O)c2c(F)cncc2Nc2ccc(I)cc2F)C1. The standard InChI is InChI=1S/C17H17F2IN4O/c1-2-24-8-11(9-24)22-17(25)16-13(19)6-21-7-15(16)23-14-4-3-10(20)5-12(14)18/h3-7,11,23H,2,8-9H2,1H3,(H,22,25). The maximum Gasteiger partial charge on any atom is 0.256 e. The lowest BCUT2D eigenvalue weighted by Gasteiger charge is -2.38. The fourth-order valence-electron chi connectivity index (χ4n) is 2.67. The van der Waals surface area contributed by atoms with Gasteiger partial charge >= 0.3 is 0 Å². The predicted octanol–water partition coefficient (Wildman–Crippen LogP) is 3.14. The van der Waals surface area contributed by atoms with Crippen LogP contribution in [0.25, 0.3) is 0 Å². The van der Waals surface area contributed by atoms with E-state index in [2.05, 4.69) is 20.5 Å². The fraction of sp³-hybridized carbons (Fsp3) is 0.294. The Morgan fingerprint density at radius 3 is 2.72 bits per heavy atom. The number of benzene rings is 1. The number of rotatable bonds is 5. The van der Waals surface area contributed by atoms with Gasteiger partial charge in [-0.3, -0.25) is 14.7 Å². The molecule has 0 bridgehead atoms. The van der Waals surface area contributed by atoms with E-state index < -0.39 is 17.5 Å². The van der Waals surface area contributed by atoms with Crippen molar-refractivity contribution < 1.29 is 13.6 Å². The Morgan fingerprint density at radius 2 is 2.04 bits per heavy atom. The average molecular weight is 458 g/mol. The van der Waals surface area contributed by atoms with Gasteiger partial charge in [0, 0.05) is 16.7 Å². The van der Waals surface area contributed by atoms with E-state index in [4.69, 9.17) is 0 Å². The van der Waals surface area contributed by atoms with Crippen LogP contribution < -0.4 is 10.6 Å². The largest absolute Gasteiger partial charge is 0.351 e. The van der Waals surface area contributed by atoms with Gasteiger partial charge in [0.25, 0.3) is 5.91 Å². The van der Waals surface area contributed by atoms with E-state index in [1.54, 1.807) is 6.07 Å². The summed E-state index contributed by atoms with van der Waals surface area (Å²) in [6.07, 6.45) is 2.29. The van der Waals surface area contributed by atoms with Crippen molar-refractivity contribution in [2.45, 2.75) is 13.0 Å². The Bertz CT molecular complexity index is 796. The number of likely N-dealkylation sites (tertiary alicyclic amines) is 1. The summed E-state index contributed by atoms with van der Waals surface area (Å²) < 4.78 is 29.0. The van der Waals surface area contributed by atoms with Gasteiger partial charge in [-0.1, -0.05) is 6.92 Å². The van der Waals surface area contributed by atoms with Crippen LogP contribution in [0.1, 0.15) is 17.3 Å². The van der Waals surface area contributed by atoms with E-state index in [0.29, 0.717) is 0 Å². The van der Waals surface area contributed by atoms with Gasteiger partial charge in [0.15, 0.2) is 5.82 Å². The molecule has 1 aromatic carbocycles. The lowest BCUT2D eigenvalue weighted by Crippen LogP contribution is -2.59. The van der Waals surface area contributed by atoms with Crippen LogP contribution in [-0.4, -0.2) is 41.5 Å². The van der Waals surface area contributed by atoms with Crippen LogP contribution in [-0.2, 0) is 0 Å². The third-order valence-corrected chi connectivity index (χ3v) is 4.74. The molecule has 2 aromatic rings. The molecule has 2 N–H and O–H groups in total. The molecule has 25 heavy (non-hydrogen) atoms. The minimum Gasteiger partial charge on any atom is -0.351 e. The van der Waals surface area contributed by atoms with Crippen molar-refractivity contribution in [3.05, 3.63) is 51.4 Å². The van der Waals surface area contributed by atoms with Crippen molar-refractivity contribution in [2.75, 3.05) is 25.0 Å². The first kappa shape index (κ1) is 18.0. The van der Waals surface area contributed by atoms with Crippen molar-refractivity contribution >= 4 is 39.9 Å². The summed E-state index contributed by atoms with van der Waals surface area (Å²) in [7, 11) is 0. The number of nitrogens with zero attached hydrogens (tertiary/aromatic N) is 2. The minimum atomic E-state index is -0.750. The van der Waals surface area contributed by atoms with Gasteiger partial charge in [0.1, 0.15) is 11.4 Å². The summed E-state index contributed by atoms with van der Waals surface area (Å²) in [4.78, 5) is 18.4. The topological polar surface area (TPSA) is 57.3 Å².